The number of fused-ring (bicyclic) bond motifs is 2. The topological polar surface area (TPSA) is 110 Å². The lowest BCUT2D eigenvalue weighted by Crippen LogP contribution is -2.28. The van der Waals surface area contributed by atoms with Crippen molar-refractivity contribution in [2.75, 3.05) is 12.3 Å². The van der Waals surface area contributed by atoms with Gasteiger partial charge in [-0.1, -0.05) is 12.2 Å². The van der Waals surface area contributed by atoms with Crippen molar-refractivity contribution < 1.29 is 10.2 Å². The molecule has 2 aromatic rings. The summed E-state index contributed by atoms with van der Waals surface area (Å²) in [5.74, 6) is 0.319. The van der Waals surface area contributed by atoms with Crippen molar-refractivity contribution in [2.45, 2.75) is 25.0 Å². The lowest BCUT2D eigenvalue weighted by Gasteiger charge is -2.28. The van der Waals surface area contributed by atoms with Gasteiger partial charge >= 0.3 is 0 Å². The fourth-order valence-corrected chi connectivity index (χ4v) is 4.20. The Balaban J connectivity index is 1.86. The molecular weight excluding hydrogens is 306 g/mol. The molecule has 2 aliphatic rings. The summed E-state index contributed by atoms with van der Waals surface area (Å²) in [6.07, 6.45) is 6.44. The quantitative estimate of drug-likeness (QED) is 0.560. The van der Waals surface area contributed by atoms with Crippen LogP contribution < -0.4 is 5.73 Å². The van der Waals surface area contributed by atoms with Crippen LogP contribution in [0.25, 0.3) is 11.2 Å². The maximum Gasteiger partial charge on any atom is 0.226 e. The van der Waals surface area contributed by atoms with Gasteiger partial charge in [0.1, 0.15) is 5.52 Å². The lowest BCUT2D eigenvalue weighted by molar-refractivity contribution is 0.121. The molecule has 0 aromatic carbocycles. The van der Waals surface area contributed by atoms with Crippen LogP contribution in [-0.4, -0.2) is 42.4 Å². The first-order valence-electron chi connectivity index (χ1n) is 7.18. The van der Waals surface area contributed by atoms with Gasteiger partial charge in [-0.2, -0.15) is 9.97 Å². The number of aliphatic hydroxyl groups is 2. The predicted molar refractivity (Wildman–Crippen MR) is 81.2 cm³/mol. The average molecular weight is 322 g/mol. The van der Waals surface area contributed by atoms with Crippen molar-refractivity contribution >= 4 is 28.6 Å². The molecule has 2 aromatic heterocycles. The second-order valence-electron chi connectivity index (χ2n) is 6.10. The van der Waals surface area contributed by atoms with Crippen molar-refractivity contribution in [3.8, 4) is 0 Å². The minimum absolute atomic E-state index is 0.0201. The van der Waals surface area contributed by atoms with Crippen molar-refractivity contribution in [3.63, 3.8) is 0 Å². The van der Waals surface area contributed by atoms with Gasteiger partial charge in [-0.15, -0.1) is 0 Å². The molecule has 4 atom stereocenters. The van der Waals surface area contributed by atoms with Crippen LogP contribution in [0.3, 0.4) is 0 Å². The molecule has 1 fully saturated rings. The Morgan fingerprint density at radius 2 is 2.27 bits per heavy atom. The Labute approximate surface area is 131 Å². The summed E-state index contributed by atoms with van der Waals surface area (Å²) in [6, 6.07) is -0.225. The number of rotatable bonds is 2. The summed E-state index contributed by atoms with van der Waals surface area (Å²) in [5.41, 5.74) is 6.46. The molecule has 4 rings (SSSR count). The largest absolute Gasteiger partial charge is 0.395 e. The molecular formula is C14H16ClN5O2. The van der Waals surface area contributed by atoms with Crippen LogP contribution >= 0.6 is 11.6 Å². The summed E-state index contributed by atoms with van der Waals surface area (Å²) in [4.78, 5) is 12.4. The number of anilines is 1. The molecule has 7 nitrogen and oxygen atoms in total. The number of imidazole rings is 1. The highest BCUT2D eigenvalue weighted by Crippen LogP contribution is 2.55. The molecule has 4 N–H and O–H groups in total. The molecule has 2 heterocycles. The Bertz CT molecular complexity index is 776. The van der Waals surface area contributed by atoms with E-state index < -0.39 is 6.10 Å². The molecule has 8 heteroatoms. The molecule has 0 unspecified atom stereocenters. The molecule has 0 amide bonds. The fraction of sp³-hybridized carbons (Fsp3) is 0.500. The molecule has 0 radical (unpaired) electrons. The molecule has 0 aliphatic heterocycles. The molecule has 0 saturated heterocycles. The van der Waals surface area contributed by atoms with Gasteiger partial charge in [0.15, 0.2) is 11.5 Å². The first-order valence-corrected chi connectivity index (χ1v) is 7.56. The zero-order valence-corrected chi connectivity index (χ0v) is 12.5. The van der Waals surface area contributed by atoms with Crippen LogP contribution in [-0.2, 0) is 0 Å². The van der Waals surface area contributed by atoms with Gasteiger partial charge in [0, 0.05) is 5.41 Å². The van der Waals surface area contributed by atoms with E-state index in [1.54, 1.807) is 6.33 Å². The SMILES string of the molecule is Nc1nc(Cl)nc2c1ncn2[C@H]1[C@H](O)C[C@]2(CO)C=CC[C@H]12. The van der Waals surface area contributed by atoms with Crippen molar-refractivity contribution in [1.82, 2.24) is 19.5 Å². The lowest BCUT2D eigenvalue weighted by atomic mass is 9.80. The number of halogens is 1. The number of aliphatic hydroxyl groups excluding tert-OH is 2. The Morgan fingerprint density at radius 3 is 3.05 bits per heavy atom. The summed E-state index contributed by atoms with van der Waals surface area (Å²) in [7, 11) is 0. The minimum atomic E-state index is -0.588. The molecule has 0 bridgehead atoms. The number of hydrogen-bond acceptors (Lipinski definition) is 6. The van der Waals surface area contributed by atoms with Gasteiger partial charge in [-0.05, 0) is 30.4 Å². The third kappa shape index (κ3) is 1.73. The van der Waals surface area contributed by atoms with Crippen molar-refractivity contribution in [3.05, 3.63) is 23.8 Å². The normalized spacial score (nSPS) is 33.7. The standard InChI is InChI=1S/C14H16ClN5O2/c15-13-18-11(16)9-12(19-13)20(6-17-9)10-7-2-1-3-14(7,5-21)4-8(10)22/h1,3,6-8,10,21-22H,2,4-5H2,(H2,16,18,19)/t7-,8-,10-,14+/m1/s1. The maximum atomic E-state index is 10.6. The minimum Gasteiger partial charge on any atom is -0.395 e. The molecule has 22 heavy (non-hydrogen) atoms. The van der Waals surface area contributed by atoms with E-state index in [-0.39, 0.29) is 35.1 Å². The van der Waals surface area contributed by atoms with E-state index in [1.165, 1.54) is 0 Å². The van der Waals surface area contributed by atoms with Crippen LogP contribution in [0.15, 0.2) is 18.5 Å². The van der Waals surface area contributed by atoms with E-state index >= 15 is 0 Å². The summed E-state index contributed by atoms with van der Waals surface area (Å²) < 4.78 is 1.82. The summed E-state index contributed by atoms with van der Waals surface area (Å²) >= 11 is 5.90. The number of aromatic nitrogens is 4. The highest BCUT2D eigenvalue weighted by atomic mass is 35.5. The molecule has 1 saturated carbocycles. The second kappa shape index (κ2) is 4.65. The highest BCUT2D eigenvalue weighted by Gasteiger charge is 2.54. The van der Waals surface area contributed by atoms with Gasteiger partial charge in [0.2, 0.25) is 5.28 Å². The van der Waals surface area contributed by atoms with E-state index in [1.807, 2.05) is 10.6 Å². The van der Waals surface area contributed by atoms with Gasteiger partial charge < -0.3 is 20.5 Å². The predicted octanol–water partition coefficient (Wildman–Crippen LogP) is 0.922. The maximum absolute atomic E-state index is 10.6. The van der Waals surface area contributed by atoms with Crippen molar-refractivity contribution in [2.24, 2.45) is 11.3 Å². The zero-order valence-electron chi connectivity index (χ0n) is 11.7. The molecule has 116 valence electrons. The van der Waals surface area contributed by atoms with E-state index in [0.717, 1.165) is 6.42 Å². The number of nitrogens with zero attached hydrogens (tertiary/aromatic N) is 4. The Morgan fingerprint density at radius 1 is 1.45 bits per heavy atom. The zero-order chi connectivity index (χ0) is 15.5. The van der Waals surface area contributed by atoms with Gasteiger partial charge in [-0.25, -0.2) is 4.98 Å². The Kier molecular flexibility index (Phi) is 2.94. The highest BCUT2D eigenvalue weighted by molar-refractivity contribution is 6.28. The van der Waals surface area contributed by atoms with Crippen LogP contribution in [0.1, 0.15) is 18.9 Å². The van der Waals surface area contributed by atoms with Crippen LogP contribution in [0.2, 0.25) is 5.28 Å². The first kappa shape index (κ1) is 13.9. The fourth-order valence-electron chi connectivity index (χ4n) is 4.03. The van der Waals surface area contributed by atoms with Gasteiger partial charge in [-0.3, -0.25) is 0 Å². The van der Waals surface area contributed by atoms with Gasteiger partial charge in [0.05, 0.1) is 25.1 Å². The van der Waals surface area contributed by atoms with Crippen LogP contribution in [0, 0.1) is 11.3 Å². The second-order valence-corrected chi connectivity index (χ2v) is 6.44. The smallest absolute Gasteiger partial charge is 0.226 e. The van der Waals surface area contributed by atoms with Crippen LogP contribution in [0.5, 0.6) is 0 Å². The van der Waals surface area contributed by atoms with E-state index in [4.69, 9.17) is 17.3 Å². The molecule has 0 spiro atoms. The number of hydrogen-bond donors (Lipinski definition) is 3. The third-order valence-electron chi connectivity index (χ3n) is 5.01. The van der Waals surface area contributed by atoms with E-state index in [0.29, 0.717) is 17.6 Å². The third-order valence-corrected chi connectivity index (χ3v) is 5.18. The average Bonchev–Trinajstić information content (AvgIpc) is 3.11. The number of nitrogen functional groups attached to an aromatic ring is 1. The summed E-state index contributed by atoms with van der Waals surface area (Å²) in [6.45, 7) is 0.0201. The van der Waals surface area contributed by atoms with E-state index in [2.05, 4.69) is 21.0 Å². The monoisotopic (exact) mass is 321 g/mol. The number of allylic oxidation sites excluding steroid dienone is 1. The van der Waals surface area contributed by atoms with Crippen LogP contribution in [0.4, 0.5) is 5.82 Å². The Hall–Kier alpha value is -1.70. The molecule has 2 aliphatic carbocycles. The van der Waals surface area contributed by atoms with Crippen molar-refractivity contribution in [1.29, 1.82) is 0 Å². The van der Waals surface area contributed by atoms with E-state index in [9.17, 15) is 10.2 Å². The first-order chi connectivity index (χ1) is 10.6. The van der Waals surface area contributed by atoms with Gasteiger partial charge in [0.25, 0.3) is 0 Å². The summed E-state index contributed by atoms with van der Waals surface area (Å²) in [5, 5.41) is 20.4. The number of nitrogens with two attached hydrogens (primary N) is 1.